The Balaban J connectivity index is 2.44. The van der Waals surface area contributed by atoms with Crippen molar-refractivity contribution in [3.8, 4) is 11.5 Å². The van der Waals surface area contributed by atoms with E-state index >= 15 is 0 Å². The molecule has 0 bridgehead atoms. The summed E-state index contributed by atoms with van der Waals surface area (Å²) in [5.74, 6) is -0.729. The molecule has 0 radical (unpaired) electrons. The van der Waals surface area contributed by atoms with Gasteiger partial charge in [-0.05, 0) is 44.5 Å². The summed E-state index contributed by atoms with van der Waals surface area (Å²) in [5.41, 5.74) is -0.612. The molecule has 104 valence electrons. The molecule has 19 heavy (non-hydrogen) atoms. The van der Waals surface area contributed by atoms with Gasteiger partial charge in [0.15, 0.2) is 6.61 Å². The number of aromatic hydroxyl groups is 1. The Morgan fingerprint density at radius 3 is 2.32 bits per heavy atom. The molecule has 0 spiro atoms. The van der Waals surface area contributed by atoms with Crippen LogP contribution in [-0.2, 0) is 14.3 Å². The third-order valence-corrected chi connectivity index (χ3v) is 2.83. The van der Waals surface area contributed by atoms with E-state index in [4.69, 9.17) is 14.6 Å². The van der Waals surface area contributed by atoms with Crippen molar-refractivity contribution in [2.75, 3.05) is 6.61 Å². The molecule has 0 aliphatic heterocycles. The van der Waals surface area contributed by atoms with E-state index < -0.39 is 24.0 Å². The van der Waals surface area contributed by atoms with Crippen LogP contribution in [0.2, 0.25) is 0 Å². The Hall–Kier alpha value is -2.04. The SMILES string of the molecule is CCC(C)(C)C(=O)OCC(=O)Oc1ccc(O)cc1. The second kappa shape index (κ2) is 6.22. The first-order chi connectivity index (χ1) is 8.85. The van der Waals surface area contributed by atoms with Crippen LogP contribution in [0.15, 0.2) is 24.3 Å². The molecule has 0 atom stereocenters. The van der Waals surface area contributed by atoms with Crippen molar-refractivity contribution in [2.24, 2.45) is 5.41 Å². The molecule has 0 aliphatic carbocycles. The molecule has 1 aromatic carbocycles. The number of benzene rings is 1. The van der Waals surface area contributed by atoms with Gasteiger partial charge < -0.3 is 14.6 Å². The highest BCUT2D eigenvalue weighted by Gasteiger charge is 2.27. The Bertz CT molecular complexity index is 447. The first-order valence-corrected chi connectivity index (χ1v) is 6.02. The lowest BCUT2D eigenvalue weighted by atomic mass is 9.91. The molecule has 1 aromatic rings. The van der Waals surface area contributed by atoms with Crippen LogP contribution in [0.1, 0.15) is 27.2 Å². The highest BCUT2D eigenvalue weighted by Crippen LogP contribution is 2.21. The van der Waals surface area contributed by atoms with Gasteiger partial charge in [0.05, 0.1) is 5.41 Å². The van der Waals surface area contributed by atoms with E-state index in [9.17, 15) is 9.59 Å². The fourth-order valence-corrected chi connectivity index (χ4v) is 1.14. The third-order valence-electron chi connectivity index (χ3n) is 2.83. The van der Waals surface area contributed by atoms with Gasteiger partial charge in [-0.2, -0.15) is 0 Å². The Morgan fingerprint density at radius 2 is 1.79 bits per heavy atom. The highest BCUT2D eigenvalue weighted by molar-refractivity contribution is 5.80. The predicted molar refractivity (Wildman–Crippen MR) is 68.8 cm³/mol. The number of phenols is 1. The molecule has 5 nitrogen and oxygen atoms in total. The number of carbonyl (C=O) groups is 2. The number of carbonyl (C=O) groups excluding carboxylic acids is 2. The minimum atomic E-state index is -0.661. The van der Waals surface area contributed by atoms with Crippen molar-refractivity contribution in [1.82, 2.24) is 0 Å². The first-order valence-electron chi connectivity index (χ1n) is 6.02. The minimum absolute atomic E-state index is 0.0796. The second-order valence-corrected chi connectivity index (χ2v) is 4.78. The quantitative estimate of drug-likeness (QED) is 0.653. The topological polar surface area (TPSA) is 72.8 Å². The molecular formula is C14H18O5. The van der Waals surface area contributed by atoms with Gasteiger partial charge in [-0.1, -0.05) is 6.92 Å². The van der Waals surface area contributed by atoms with E-state index in [0.717, 1.165) is 0 Å². The zero-order valence-electron chi connectivity index (χ0n) is 11.3. The second-order valence-electron chi connectivity index (χ2n) is 4.78. The van der Waals surface area contributed by atoms with Crippen LogP contribution in [0.3, 0.4) is 0 Å². The molecule has 0 aromatic heterocycles. The number of ether oxygens (including phenoxy) is 2. The largest absolute Gasteiger partial charge is 0.508 e. The molecule has 1 N–H and O–H groups in total. The maximum absolute atomic E-state index is 11.6. The smallest absolute Gasteiger partial charge is 0.349 e. The monoisotopic (exact) mass is 266 g/mol. The molecule has 5 heteroatoms. The Kier molecular flexibility index (Phi) is 4.92. The predicted octanol–water partition coefficient (Wildman–Crippen LogP) is 2.28. The number of hydrogen-bond acceptors (Lipinski definition) is 5. The summed E-state index contributed by atoms with van der Waals surface area (Å²) in [6.45, 7) is 4.94. The summed E-state index contributed by atoms with van der Waals surface area (Å²) in [6, 6.07) is 5.69. The van der Waals surface area contributed by atoms with Crippen molar-refractivity contribution >= 4 is 11.9 Å². The lowest BCUT2D eigenvalue weighted by molar-refractivity contribution is -0.161. The molecule has 1 rings (SSSR count). The number of phenolic OH excluding ortho intramolecular Hbond substituents is 1. The van der Waals surface area contributed by atoms with Crippen molar-refractivity contribution < 1.29 is 24.2 Å². The van der Waals surface area contributed by atoms with E-state index in [0.29, 0.717) is 6.42 Å². The first kappa shape index (κ1) is 15.0. The number of hydrogen-bond donors (Lipinski definition) is 1. The van der Waals surface area contributed by atoms with Gasteiger partial charge in [0, 0.05) is 0 Å². The third kappa shape index (κ3) is 4.62. The summed E-state index contributed by atoms with van der Waals surface area (Å²) >= 11 is 0. The van der Waals surface area contributed by atoms with Crippen LogP contribution in [0.25, 0.3) is 0 Å². The molecule has 0 saturated heterocycles. The zero-order valence-corrected chi connectivity index (χ0v) is 11.3. The summed E-state index contributed by atoms with van der Waals surface area (Å²) < 4.78 is 9.83. The summed E-state index contributed by atoms with van der Waals surface area (Å²) in [7, 11) is 0. The van der Waals surface area contributed by atoms with Crippen molar-refractivity contribution in [1.29, 1.82) is 0 Å². The van der Waals surface area contributed by atoms with Crippen LogP contribution >= 0.6 is 0 Å². The summed E-state index contributed by atoms with van der Waals surface area (Å²) in [4.78, 5) is 23.1. The lowest BCUT2D eigenvalue weighted by Crippen LogP contribution is -2.29. The van der Waals surface area contributed by atoms with Crippen LogP contribution < -0.4 is 4.74 Å². The summed E-state index contributed by atoms with van der Waals surface area (Å²) in [5, 5.41) is 9.07. The van der Waals surface area contributed by atoms with Gasteiger partial charge in [-0.25, -0.2) is 4.79 Å². The molecule has 0 unspecified atom stereocenters. The molecule has 0 heterocycles. The number of rotatable bonds is 5. The van der Waals surface area contributed by atoms with Gasteiger partial charge in [0.2, 0.25) is 0 Å². The van der Waals surface area contributed by atoms with E-state index in [-0.39, 0.29) is 11.5 Å². The van der Waals surface area contributed by atoms with Crippen LogP contribution in [0.5, 0.6) is 11.5 Å². The summed E-state index contributed by atoms with van der Waals surface area (Å²) in [6.07, 6.45) is 0.624. The Morgan fingerprint density at radius 1 is 1.21 bits per heavy atom. The van der Waals surface area contributed by atoms with Gasteiger partial charge in [0.25, 0.3) is 0 Å². The zero-order chi connectivity index (χ0) is 14.5. The normalized spacial score (nSPS) is 10.9. The maximum Gasteiger partial charge on any atom is 0.349 e. The molecule has 0 fully saturated rings. The fraction of sp³-hybridized carbons (Fsp3) is 0.429. The maximum atomic E-state index is 11.6. The van der Waals surface area contributed by atoms with E-state index in [1.165, 1.54) is 24.3 Å². The lowest BCUT2D eigenvalue weighted by Gasteiger charge is -2.19. The van der Waals surface area contributed by atoms with Crippen LogP contribution in [-0.4, -0.2) is 23.7 Å². The Labute approximate surface area is 112 Å². The average molecular weight is 266 g/mol. The van der Waals surface area contributed by atoms with Crippen molar-refractivity contribution in [2.45, 2.75) is 27.2 Å². The van der Waals surface area contributed by atoms with Crippen molar-refractivity contribution in [3.63, 3.8) is 0 Å². The van der Waals surface area contributed by atoms with Crippen LogP contribution in [0.4, 0.5) is 0 Å². The highest BCUT2D eigenvalue weighted by atomic mass is 16.6. The number of esters is 2. The van der Waals surface area contributed by atoms with Gasteiger partial charge >= 0.3 is 11.9 Å². The standard InChI is InChI=1S/C14H18O5/c1-4-14(2,3)13(17)18-9-12(16)19-11-7-5-10(15)6-8-11/h5-8,15H,4,9H2,1-3H3. The van der Waals surface area contributed by atoms with Gasteiger partial charge in [0.1, 0.15) is 11.5 Å². The minimum Gasteiger partial charge on any atom is -0.508 e. The van der Waals surface area contributed by atoms with Crippen LogP contribution in [0, 0.1) is 5.41 Å². The molecule has 0 aliphatic rings. The van der Waals surface area contributed by atoms with Gasteiger partial charge in [-0.3, -0.25) is 4.79 Å². The molecular weight excluding hydrogens is 248 g/mol. The van der Waals surface area contributed by atoms with Crippen molar-refractivity contribution in [3.05, 3.63) is 24.3 Å². The van der Waals surface area contributed by atoms with E-state index in [1.807, 2.05) is 6.92 Å². The van der Waals surface area contributed by atoms with Gasteiger partial charge in [-0.15, -0.1) is 0 Å². The molecule has 0 amide bonds. The fourth-order valence-electron chi connectivity index (χ4n) is 1.14. The van der Waals surface area contributed by atoms with E-state index in [1.54, 1.807) is 13.8 Å². The average Bonchev–Trinajstić information content (AvgIpc) is 2.38. The molecule has 0 saturated carbocycles. The van der Waals surface area contributed by atoms with E-state index in [2.05, 4.69) is 0 Å².